The molecule has 0 heterocycles. The van der Waals surface area contributed by atoms with E-state index in [-0.39, 0.29) is 12.5 Å². The van der Waals surface area contributed by atoms with Gasteiger partial charge in [-0.2, -0.15) is 0 Å². The third-order valence-corrected chi connectivity index (χ3v) is 3.41. The Morgan fingerprint density at radius 3 is 2.55 bits per heavy atom. The van der Waals surface area contributed by atoms with Gasteiger partial charge in [0.25, 0.3) is 0 Å². The lowest BCUT2D eigenvalue weighted by Gasteiger charge is -2.10. The van der Waals surface area contributed by atoms with Gasteiger partial charge in [-0.3, -0.25) is 4.79 Å². The van der Waals surface area contributed by atoms with Crippen molar-refractivity contribution in [1.29, 1.82) is 0 Å². The number of hydrogen-bond donors (Lipinski definition) is 2. The Morgan fingerprint density at radius 2 is 1.82 bits per heavy atom. The number of benzene rings is 2. The molecule has 0 aromatic heterocycles. The van der Waals surface area contributed by atoms with Crippen molar-refractivity contribution in [3.63, 3.8) is 0 Å². The summed E-state index contributed by atoms with van der Waals surface area (Å²) in [5.41, 5.74) is 3.24. The highest BCUT2D eigenvalue weighted by molar-refractivity contribution is 5.80. The molecule has 22 heavy (non-hydrogen) atoms. The number of ether oxygens (including phenoxy) is 1. The fourth-order valence-electron chi connectivity index (χ4n) is 2.16. The maximum absolute atomic E-state index is 11.8. The standard InChI is InChI=1S/C18H22N2O2/c1-14-7-9-16(10-8-14)20-13-18(21)19-12-11-15-5-3-4-6-17(15)22-2/h3-10,20H,11-13H2,1-2H3,(H,19,21). The lowest BCUT2D eigenvalue weighted by atomic mass is 10.1. The van der Waals surface area contributed by atoms with E-state index in [1.54, 1.807) is 7.11 Å². The molecule has 0 saturated carbocycles. The van der Waals surface area contributed by atoms with Gasteiger partial charge in [0, 0.05) is 12.2 Å². The molecule has 0 aliphatic rings. The van der Waals surface area contributed by atoms with Gasteiger partial charge in [-0.1, -0.05) is 35.9 Å². The fraction of sp³-hybridized carbons (Fsp3) is 0.278. The molecule has 0 aliphatic carbocycles. The summed E-state index contributed by atoms with van der Waals surface area (Å²) in [4.78, 5) is 11.8. The van der Waals surface area contributed by atoms with Gasteiger partial charge in [-0.05, 0) is 37.1 Å². The highest BCUT2D eigenvalue weighted by Crippen LogP contribution is 2.17. The van der Waals surface area contributed by atoms with Crippen molar-refractivity contribution in [3.05, 3.63) is 59.7 Å². The average Bonchev–Trinajstić information content (AvgIpc) is 2.55. The summed E-state index contributed by atoms with van der Waals surface area (Å²) in [7, 11) is 1.66. The molecule has 0 atom stereocenters. The lowest BCUT2D eigenvalue weighted by molar-refractivity contribution is -0.119. The van der Waals surface area contributed by atoms with E-state index in [9.17, 15) is 4.79 Å². The number of carbonyl (C=O) groups excluding carboxylic acids is 1. The molecule has 2 rings (SSSR count). The number of para-hydroxylation sites is 1. The molecule has 2 aromatic rings. The van der Waals surface area contributed by atoms with Gasteiger partial charge >= 0.3 is 0 Å². The number of methoxy groups -OCH3 is 1. The molecule has 0 spiro atoms. The Kier molecular flexibility index (Phi) is 5.83. The minimum absolute atomic E-state index is 0.0181. The number of amides is 1. The summed E-state index contributed by atoms with van der Waals surface area (Å²) in [5.74, 6) is 0.838. The van der Waals surface area contributed by atoms with Crippen LogP contribution in [0.15, 0.2) is 48.5 Å². The van der Waals surface area contributed by atoms with Crippen LogP contribution in [-0.2, 0) is 11.2 Å². The molecule has 116 valence electrons. The zero-order chi connectivity index (χ0) is 15.8. The van der Waals surface area contributed by atoms with Gasteiger partial charge in [0.1, 0.15) is 5.75 Å². The van der Waals surface area contributed by atoms with Gasteiger partial charge in [0.05, 0.1) is 13.7 Å². The largest absolute Gasteiger partial charge is 0.496 e. The van der Waals surface area contributed by atoms with Crippen LogP contribution in [0.4, 0.5) is 5.69 Å². The van der Waals surface area contributed by atoms with Crippen LogP contribution >= 0.6 is 0 Å². The second-order valence-corrected chi connectivity index (χ2v) is 5.13. The van der Waals surface area contributed by atoms with E-state index in [1.807, 2.05) is 55.5 Å². The average molecular weight is 298 g/mol. The number of nitrogens with one attached hydrogen (secondary N) is 2. The van der Waals surface area contributed by atoms with E-state index in [1.165, 1.54) is 5.56 Å². The van der Waals surface area contributed by atoms with Crippen LogP contribution < -0.4 is 15.4 Å². The summed E-state index contributed by atoms with van der Waals surface area (Å²) in [6, 6.07) is 15.8. The van der Waals surface area contributed by atoms with Crippen LogP contribution in [0.2, 0.25) is 0 Å². The first-order valence-corrected chi connectivity index (χ1v) is 7.38. The first-order chi connectivity index (χ1) is 10.7. The van der Waals surface area contributed by atoms with Crippen LogP contribution in [0.25, 0.3) is 0 Å². The Labute approximate surface area is 131 Å². The molecule has 4 heteroatoms. The zero-order valence-corrected chi connectivity index (χ0v) is 13.1. The van der Waals surface area contributed by atoms with E-state index in [0.29, 0.717) is 6.54 Å². The molecule has 2 aromatic carbocycles. The normalized spacial score (nSPS) is 10.1. The number of hydrogen-bond acceptors (Lipinski definition) is 3. The van der Waals surface area contributed by atoms with Crippen molar-refractivity contribution in [2.24, 2.45) is 0 Å². The van der Waals surface area contributed by atoms with Crippen molar-refractivity contribution in [3.8, 4) is 5.75 Å². The fourth-order valence-corrected chi connectivity index (χ4v) is 2.16. The maximum atomic E-state index is 11.8. The van der Waals surface area contributed by atoms with Gasteiger partial charge < -0.3 is 15.4 Å². The molecule has 0 radical (unpaired) electrons. The molecule has 0 unspecified atom stereocenters. The Bertz CT molecular complexity index is 609. The SMILES string of the molecule is COc1ccccc1CCNC(=O)CNc1ccc(C)cc1. The van der Waals surface area contributed by atoms with Gasteiger partial charge in [-0.25, -0.2) is 0 Å². The molecule has 1 amide bonds. The van der Waals surface area contributed by atoms with Crippen molar-refractivity contribution in [2.45, 2.75) is 13.3 Å². The second-order valence-electron chi connectivity index (χ2n) is 5.13. The smallest absolute Gasteiger partial charge is 0.239 e. The van der Waals surface area contributed by atoms with E-state index < -0.39 is 0 Å². The Morgan fingerprint density at radius 1 is 1.09 bits per heavy atom. The monoisotopic (exact) mass is 298 g/mol. The summed E-state index contributed by atoms with van der Waals surface area (Å²) >= 11 is 0. The first-order valence-electron chi connectivity index (χ1n) is 7.38. The molecule has 0 aliphatic heterocycles. The molecule has 0 saturated heterocycles. The number of carbonyl (C=O) groups is 1. The maximum Gasteiger partial charge on any atom is 0.239 e. The summed E-state index contributed by atoms with van der Waals surface area (Å²) in [6.45, 7) is 2.90. The third kappa shape index (κ3) is 4.81. The highest BCUT2D eigenvalue weighted by atomic mass is 16.5. The summed E-state index contributed by atoms with van der Waals surface area (Å²) < 4.78 is 5.29. The van der Waals surface area contributed by atoms with Crippen LogP contribution in [0.5, 0.6) is 5.75 Å². The number of aryl methyl sites for hydroxylation is 1. The van der Waals surface area contributed by atoms with Gasteiger partial charge in [-0.15, -0.1) is 0 Å². The van der Waals surface area contributed by atoms with E-state index >= 15 is 0 Å². The third-order valence-electron chi connectivity index (χ3n) is 3.41. The Balaban J connectivity index is 1.72. The predicted octanol–water partition coefficient (Wildman–Crippen LogP) is 2.77. The van der Waals surface area contributed by atoms with Gasteiger partial charge in [0.2, 0.25) is 5.91 Å². The highest BCUT2D eigenvalue weighted by Gasteiger charge is 2.04. The number of rotatable bonds is 7. The summed E-state index contributed by atoms with van der Waals surface area (Å²) in [6.07, 6.45) is 0.750. The molecule has 0 bridgehead atoms. The van der Waals surface area contributed by atoms with Crippen molar-refractivity contribution < 1.29 is 9.53 Å². The van der Waals surface area contributed by atoms with E-state index in [2.05, 4.69) is 10.6 Å². The molecule has 0 fully saturated rings. The molecule has 2 N–H and O–H groups in total. The van der Waals surface area contributed by atoms with Crippen molar-refractivity contribution >= 4 is 11.6 Å². The van der Waals surface area contributed by atoms with Crippen molar-refractivity contribution in [2.75, 3.05) is 25.5 Å². The second kappa shape index (κ2) is 8.08. The van der Waals surface area contributed by atoms with E-state index in [0.717, 1.165) is 23.4 Å². The summed E-state index contributed by atoms with van der Waals surface area (Å²) in [5, 5.41) is 6.01. The molecular formula is C18H22N2O2. The first kappa shape index (κ1) is 15.9. The lowest BCUT2D eigenvalue weighted by Crippen LogP contribution is -2.31. The minimum atomic E-state index is -0.0181. The van der Waals surface area contributed by atoms with Gasteiger partial charge in [0.15, 0.2) is 0 Å². The predicted molar refractivity (Wildman–Crippen MR) is 89.4 cm³/mol. The number of anilines is 1. The Hall–Kier alpha value is -2.49. The van der Waals surface area contributed by atoms with Crippen molar-refractivity contribution in [1.82, 2.24) is 5.32 Å². The van der Waals surface area contributed by atoms with Crippen LogP contribution in [-0.4, -0.2) is 26.1 Å². The zero-order valence-electron chi connectivity index (χ0n) is 13.1. The van der Waals surface area contributed by atoms with Crippen LogP contribution in [0, 0.1) is 6.92 Å². The topological polar surface area (TPSA) is 50.4 Å². The minimum Gasteiger partial charge on any atom is -0.496 e. The quantitative estimate of drug-likeness (QED) is 0.826. The molecule has 4 nitrogen and oxygen atoms in total. The van der Waals surface area contributed by atoms with E-state index in [4.69, 9.17) is 4.74 Å². The van der Waals surface area contributed by atoms with Crippen LogP contribution in [0.3, 0.4) is 0 Å². The molecular weight excluding hydrogens is 276 g/mol. The van der Waals surface area contributed by atoms with Crippen LogP contribution in [0.1, 0.15) is 11.1 Å².